The van der Waals surface area contributed by atoms with E-state index < -0.39 is 12.1 Å². The number of fused-ring (bicyclic) bond motifs is 1. The molecule has 0 bridgehead atoms. The van der Waals surface area contributed by atoms with Gasteiger partial charge in [-0.15, -0.1) is 0 Å². The molecular weight excluding hydrogens is 228 g/mol. The van der Waals surface area contributed by atoms with Gasteiger partial charge in [0.15, 0.2) is 5.58 Å². The fourth-order valence-corrected chi connectivity index (χ4v) is 1.79. The molecule has 0 aliphatic rings. The Bertz CT molecular complexity index is 522. The highest BCUT2D eigenvalue weighted by Crippen LogP contribution is 2.26. The van der Waals surface area contributed by atoms with Crippen LogP contribution in [0.2, 0.25) is 5.02 Å². The van der Waals surface area contributed by atoms with E-state index in [0.29, 0.717) is 22.0 Å². The minimum Gasteiger partial charge on any atom is -0.439 e. The average Bonchev–Trinajstić information content (AvgIpc) is 2.60. The summed E-state index contributed by atoms with van der Waals surface area (Å²) in [5.74, 6) is 0.329. The van der Waals surface area contributed by atoms with Crippen LogP contribution in [0.3, 0.4) is 0 Å². The van der Waals surface area contributed by atoms with Gasteiger partial charge >= 0.3 is 0 Å². The van der Waals surface area contributed by atoms with Gasteiger partial charge in [0.1, 0.15) is 11.6 Å². The van der Waals surface area contributed by atoms with Crippen molar-refractivity contribution in [2.75, 3.05) is 0 Å². The summed E-state index contributed by atoms with van der Waals surface area (Å²) >= 11 is 5.91. The molecule has 2 rings (SSSR count). The third-order valence-electron chi connectivity index (χ3n) is 2.46. The van der Waals surface area contributed by atoms with E-state index in [0.717, 1.165) is 5.56 Å². The van der Waals surface area contributed by atoms with Crippen molar-refractivity contribution in [2.24, 2.45) is 5.73 Å². The van der Waals surface area contributed by atoms with E-state index in [1.807, 2.05) is 6.92 Å². The van der Waals surface area contributed by atoms with E-state index in [2.05, 4.69) is 4.98 Å². The Balaban J connectivity index is 2.56. The molecule has 5 heteroatoms. The van der Waals surface area contributed by atoms with Crippen molar-refractivity contribution >= 4 is 22.7 Å². The lowest BCUT2D eigenvalue weighted by Crippen LogP contribution is -2.23. The number of nitrogens with two attached hydrogens (primary N) is 1. The van der Waals surface area contributed by atoms with Crippen LogP contribution in [0.5, 0.6) is 0 Å². The average molecular weight is 241 g/mol. The molecule has 0 saturated heterocycles. The molecule has 2 atom stereocenters. The van der Waals surface area contributed by atoms with Crippen molar-refractivity contribution in [1.29, 1.82) is 0 Å². The van der Waals surface area contributed by atoms with Crippen LogP contribution in [-0.4, -0.2) is 16.2 Å². The van der Waals surface area contributed by atoms with Gasteiger partial charge in [0.2, 0.25) is 5.89 Å². The van der Waals surface area contributed by atoms with Crippen LogP contribution in [0.1, 0.15) is 24.4 Å². The minimum atomic E-state index is -0.705. The van der Waals surface area contributed by atoms with Gasteiger partial charge in [-0.05, 0) is 31.5 Å². The Kier molecular flexibility index (Phi) is 2.88. The SMILES string of the molecule is Cc1cc(Cl)cc2nc(C(N)C(C)O)oc12. The molecule has 86 valence electrons. The summed E-state index contributed by atoms with van der Waals surface area (Å²) in [6.45, 7) is 3.48. The number of nitrogens with zero attached hydrogens (tertiary/aromatic N) is 1. The van der Waals surface area contributed by atoms with Crippen molar-refractivity contribution in [3.63, 3.8) is 0 Å². The van der Waals surface area contributed by atoms with Crippen LogP contribution in [0, 0.1) is 6.92 Å². The van der Waals surface area contributed by atoms with Gasteiger partial charge in [-0.25, -0.2) is 4.98 Å². The second-order valence-electron chi connectivity index (χ2n) is 3.89. The Morgan fingerprint density at radius 2 is 2.19 bits per heavy atom. The summed E-state index contributed by atoms with van der Waals surface area (Å²) in [7, 11) is 0. The molecule has 2 aromatic rings. The summed E-state index contributed by atoms with van der Waals surface area (Å²) in [4.78, 5) is 4.22. The monoisotopic (exact) mass is 240 g/mol. The van der Waals surface area contributed by atoms with Crippen LogP contribution in [0.25, 0.3) is 11.1 Å². The molecule has 0 aliphatic heterocycles. The Morgan fingerprint density at radius 1 is 1.50 bits per heavy atom. The van der Waals surface area contributed by atoms with E-state index in [1.54, 1.807) is 19.1 Å². The van der Waals surface area contributed by atoms with E-state index in [9.17, 15) is 5.11 Å². The molecule has 0 spiro atoms. The van der Waals surface area contributed by atoms with Gasteiger partial charge in [0.05, 0.1) is 6.10 Å². The number of aliphatic hydroxyl groups is 1. The van der Waals surface area contributed by atoms with Gasteiger partial charge < -0.3 is 15.3 Å². The van der Waals surface area contributed by atoms with Crippen LogP contribution < -0.4 is 5.73 Å². The molecule has 1 heterocycles. The molecule has 0 radical (unpaired) electrons. The van der Waals surface area contributed by atoms with E-state index >= 15 is 0 Å². The van der Waals surface area contributed by atoms with Crippen LogP contribution in [0.15, 0.2) is 16.5 Å². The minimum absolute atomic E-state index is 0.329. The van der Waals surface area contributed by atoms with Crippen LogP contribution in [0.4, 0.5) is 0 Å². The predicted octanol–water partition coefficient (Wildman–Crippen LogP) is 2.17. The summed E-state index contributed by atoms with van der Waals surface area (Å²) in [6.07, 6.45) is -0.705. The maximum absolute atomic E-state index is 9.37. The van der Waals surface area contributed by atoms with Crippen LogP contribution in [-0.2, 0) is 0 Å². The second kappa shape index (κ2) is 4.05. The number of oxazole rings is 1. The van der Waals surface area contributed by atoms with Crippen molar-refractivity contribution in [1.82, 2.24) is 4.98 Å². The largest absolute Gasteiger partial charge is 0.439 e. The highest BCUT2D eigenvalue weighted by Gasteiger charge is 2.19. The molecule has 0 fully saturated rings. The summed E-state index contributed by atoms with van der Waals surface area (Å²) in [5, 5.41) is 9.98. The first-order chi connectivity index (χ1) is 7.49. The van der Waals surface area contributed by atoms with E-state index in [-0.39, 0.29) is 0 Å². The molecule has 4 nitrogen and oxygen atoms in total. The third-order valence-corrected chi connectivity index (χ3v) is 2.68. The summed E-state index contributed by atoms with van der Waals surface area (Å²) in [5.41, 5.74) is 7.98. The lowest BCUT2D eigenvalue weighted by Gasteiger charge is -2.09. The zero-order valence-corrected chi connectivity index (χ0v) is 9.82. The molecule has 1 aromatic carbocycles. The lowest BCUT2D eigenvalue weighted by molar-refractivity contribution is 0.152. The van der Waals surface area contributed by atoms with Crippen molar-refractivity contribution in [2.45, 2.75) is 26.0 Å². The van der Waals surface area contributed by atoms with E-state index in [1.165, 1.54) is 0 Å². The van der Waals surface area contributed by atoms with E-state index in [4.69, 9.17) is 21.8 Å². The van der Waals surface area contributed by atoms with Gasteiger partial charge in [0.25, 0.3) is 0 Å². The number of aryl methyl sites for hydroxylation is 1. The molecule has 16 heavy (non-hydrogen) atoms. The lowest BCUT2D eigenvalue weighted by atomic mass is 10.2. The number of rotatable bonds is 2. The molecule has 1 aromatic heterocycles. The summed E-state index contributed by atoms with van der Waals surface area (Å²) < 4.78 is 5.52. The maximum Gasteiger partial charge on any atom is 0.215 e. The Morgan fingerprint density at radius 3 is 2.81 bits per heavy atom. The fraction of sp³-hybridized carbons (Fsp3) is 0.364. The highest BCUT2D eigenvalue weighted by molar-refractivity contribution is 6.31. The molecule has 3 N–H and O–H groups in total. The number of hydrogen-bond donors (Lipinski definition) is 2. The number of benzene rings is 1. The number of aliphatic hydroxyl groups excluding tert-OH is 1. The first kappa shape index (κ1) is 11.4. The first-order valence-corrected chi connectivity index (χ1v) is 5.37. The van der Waals surface area contributed by atoms with Gasteiger partial charge in [0, 0.05) is 5.02 Å². The topological polar surface area (TPSA) is 72.3 Å². The van der Waals surface area contributed by atoms with Crippen LogP contribution >= 0.6 is 11.6 Å². The number of hydrogen-bond acceptors (Lipinski definition) is 4. The number of aromatic nitrogens is 1. The fourth-order valence-electron chi connectivity index (χ4n) is 1.52. The van der Waals surface area contributed by atoms with Gasteiger partial charge in [-0.3, -0.25) is 0 Å². The number of halogens is 1. The maximum atomic E-state index is 9.37. The second-order valence-corrected chi connectivity index (χ2v) is 4.33. The highest BCUT2D eigenvalue weighted by atomic mass is 35.5. The van der Waals surface area contributed by atoms with Gasteiger partial charge in [-0.2, -0.15) is 0 Å². The van der Waals surface area contributed by atoms with Gasteiger partial charge in [-0.1, -0.05) is 11.6 Å². The van der Waals surface area contributed by atoms with Crippen molar-refractivity contribution < 1.29 is 9.52 Å². The summed E-state index contributed by atoms with van der Waals surface area (Å²) in [6, 6.07) is 2.89. The van der Waals surface area contributed by atoms with Crippen molar-refractivity contribution in [3.05, 3.63) is 28.6 Å². The Hall–Kier alpha value is -1.10. The molecule has 2 unspecified atom stereocenters. The third kappa shape index (κ3) is 1.91. The normalized spacial score (nSPS) is 15.3. The smallest absolute Gasteiger partial charge is 0.215 e. The molecule has 0 amide bonds. The molecular formula is C11H13ClN2O2. The van der Waals surface area contributed by atoms with Crippen molar-refractivity contribution in [3.8, 4) is 0 Å². The first-order valence-electron chi connectivity index (χ1n) is 4.99. The molecule has 0 saturated carbocycles. The zero-order valence-electron chi connectivity index (χ0n) is 9.07. The predicted molar refractivity (Wildman–Crippen MR) is 62.4 cm³/mol. The zero-order chi connectivity index (χ0) is 11.9. The Labute approximate surface area is 98.0 Å². The quantitative estimate of drug-likeness (QED) is 0.844. The molecule has 0 aliphatic carbocycles. The standard InChI is InChI=1S/C11H13ClN2O2/c1-5-3-7(12)4-8-10(5)16-11(14-8)9(13)6(2)15/h3-4,6,9,15H,13H2,1-2H3.